The van der Waals surface area contributed by atoms with Crippen LogP contribution in [0.15, 0.2) is 53.3 Å². The second-order valence-corrected chi connectivity index (χ2v) is 16.8. The van der Waals surface area contributed by atoms with Crippen LogP contribution in [0, 0.1) is 17.6 Å². The minimum absolute atomic E-state index is 0.0101. The van der Waals surface area contributed by atoms with Gasteiger partial charge in [0.25, 0.3) is 17.9 Å². The van der Waals surface area contributed by atoms with Crippen LogP contribution in [0.1, 0.15) is 59.6 Å². The number of nitrogens with zero attached hydrogens (tertiary/aromatic N) is 6. The van der Waals surface area contributed by atoms with Crippen molar-refractivity contribution in [2.45, 2.75) is 50.1 Å². The van der Waals surface area contributed by atoms with Crippen LogP contribution in [0.3, 0.4) is 0 Å². The van der Waals surface area contributed by atoms with Crippen molar-refractivity contribution in [2.75, 3.05) is 24.3 Å². The molecule has 0 spiro atoms. The standard InChI is InChI=1S/C38H32ClF7N8O5S/c1-52-32-27(7-6-24(39)30(32)35(50-52)51-60(2,57)58)54-36(48-25-14-20(59-9-3-8-40)4-5-21(25)37(54)56)26(12-17-10-18(41)13-19(42)11-17)47-28(55)16-53-33-29(31(49-53)34(43)44)22-15-23(22)38(33,45)46/h4-7,10-11,13-14,22-23,26,34H,3,8-9,12,15-16H2,1-2H3,(H,47,55)(H,50,51)/t22-,23+,26-/m0/s1. The van der Waals surface area contributed by atoms with Gasteiger partial charge in [0.15, 0.2) is 5.82 Å². The lowest BCUT2D eigenvalue weighted by Gasteiger charge is -2.24. The average Bonchev–Trinajstić information content (AvgIpc) is 3.70. The fourth-order valence-corrected chi connectivity index (χ4v) is 8.63. The third-order valence-corrected chi connectivity index (χ3v) is 11.2. The average molecular weight is 881 g/mol. The molecule has 22 heteroatoms. The molecule has 3 aromatic carbocycles. The Kier molecular flexibility index (Phi) is 10.3. The summed E-state index contributed by atoms with van der Waals surface area (Å²) in [5, 5.41) is 10.6. The predicted molar refractivity (Wildman–Crippen MR) is 204 cm³/mol. The molecule has 2 N–H and O–H groups in total. The predicted octanol–water partition coefficient (Wildman–Crippen LogP) is 6.76. The number of sulfonamides is 1. The van der Waals surface area contributed by atoms with Gasteiger partial charge in [0.1, 0.15) is 41.1 Å². The highest BCUT2D eigenvalue weighted by Crippen LogP contribution is 2.68. The molecule has 3 aromatic heterocycles. The second kappa shape index (κ2) is 15.1. The van der Waals surface area contributed by atoms with E-state index in [1.807, 2.05) is 0 Å². The normalized spacial score (nSPS) is 17.2. The van der Waals surface area contributed by atoms with Crippen molar-refractivity contribution in [3.05, 3.63) is 104 Å². The highest BCUT2D eigenvalue weighted by molar-refractivity contribution is 7.92. The Morgan fingerprint density at radius 3 is 2.50 bits per heavy atom. The topological polar surface area (TPSA) is 155 Å². The van der Waals surface area contributed by atoms with Gasteiger partial charge in [0, 0.05) is 43.5 Å². The van der Waals surface area contributed by atoms with Crippen molar-refractivity contribution in [1.82, 2.24) is 34.4 Å². The quantitative estimate of drug-likeness (QED) is 0.0900. The third-order valence-electron chi connectivity index (χ3n) is 10.3. The maximum Gasteiger partial charge on any atom is 0.293 e. The van der Waals surface area contributed by atoms with Crippen LogP contribution in [-0.2, 0) is 40.8 Å². The van der Waals surface area contributed by atoms with E-state index in [9.17, 15) is 40.0 Å². The zero-order chi connectivity index (χ0) is 43.0. The first-order valence-corrected chi connectivity index (χ1v) is 20.5. The molecule has 0 radical (unpaired) electrons. The number of carbonyl (C=O) groups is 1. The van der Waals surface area contributed by atoms with Gasteiger partial charge in [-0.05, 0) is 54.3 Å². The third kappa shape index (κ3) is 7.41. The van der Waals surface area contributed by atoms with Crippen molar-refractivity contribution >= 4 is 55.2 Å². The number of rotatable bonds is 14. The summed E-state index contributed by atoms with van der Waals surface area (Å²) in [6, 6.07) is 7.87. The number of nitrogens with one attached hydrogen (secondary N) is 2. The first-order valence-electron chi connectivity index (χ1n) is 18.3. The molecular formula is C38H32ClF7N8O5S. The lowest BCUT2D eigenvalue weighted by molar-refractivity contribution is -0.123. The Morgan fingerprint density at radius 1 is 1.08 bits per heavy atom. The van der Waals surface area contributed by atoms with E-state index in [1.165, 1.54) is 42.1 Å². The molecule has 2 aliphatic carbocycles. The SMILES string of the molecule is Cn1nc(NS(C)(=O)=O)c2c(Cl)ccc(-n3c([C@H](Cc4cc(F)cc(F)c4)NC(=O)Cn4nc(C(F)F)c5c4C(F)(F)[C@@H]4C[C@H]54)nc4cc(OCCCF)ccc4c3=O)c21. The molecule has 8 rings (SSSR count). The van der Waals surface area contributed by atoms with Gasteiger partial charge in [-0.3, -0.25) is 32.6 Å². The van der Waals surface area contributed by atoms with E-state index < -0.39 is 94.4 Å². The van der Waals surface area contributed by atoms with Gasteiger partial charge in [-0.2, -0.15) is 19.0 Å². The zero-order valence-electron chi connectivity index (χ0n) is 31.3. The van der Waals surface area contributed by atoms with Gasteiger partial charge in [-0.25, -0.2) is 31.0 Å². The second-order valence-electron chi connectivity index (χ2n) is 14.6. The van der Waals surface area contributed by atoms with Gasteiger partial charge in [0.05, 0.1) is 58.1 Å². The number of carbonyl (C=O) groups excluding carboxylic acids is 1. The number of alkyl halides is 5. The largest absolute Gasteiger partial charge is 0.493 e. The molecule has 316 valence electrons. The first-order chi connectivity index (χ1) is 28.4. The van der Waals surface area contributed by atoms with E-state index in [2.05, 4.69) is 20.2 Å². The van der Waals surface area contributed by atoms with Gasteiger partial charge in [-0.1, -0.05) is 11.6 Å². The fraction of sp³-hybridized carbons (Fsp3) is 0.342. The van der Waals surface area contributed by atoms with Crippen molar-refractivity contribution in [2.24, 2.45) is 13.0 Å². The van der Waals surface area contributed by atoms with Crippen LogP contribution in [0.2, 0.25) is 5.02 Å². The molecule has 3 heterocycles. The first kappa shape index (κ1) is 41.1. The molecule has 60 heavy (non-hydrogen) atoms. The summed E-state index contributed by atoms with van der Waals surface area (Å²) in [7, 11) is -2.49. The maximum absolute atomic E-state index is 15.5. The van der Waals surface area contributed by atoms with E-state index in [0.717, 1.165) is 23.0 Å². The molecule has 0 unspecified atom stereocenters. The molecule has 0 saturated heterocycles. The summed E-state index contributed by atoms with van der Waals surface area (Å²) in [5.74, 6) is -9.02. The molecule has 13 nitrogen and oxygen atoms in total. The van der Waals surface area contributed by atoms with Crippen molar-refractivity contribution in [3.8, 4) is 11.4 Å². The van der Waals surface area contributed by atoms with Gasteiger partial charge in [-0.15, -0.1) is 0 Å². The van der Waals surface area contributed by atoms with Crippen molar-refractivity contribution < 1.29 is 48.7 Å². The summed E-state index contributed by atoms with van der Waals surface area (Å²) < 4.78 is 137. The number of hydrogen-bond acceptors (Lipinski definition) is 8. The summed E-state index contributed by atoms with van der Waals surface area (Å²) in [6.45, 7) is -1.71. The number of aryl methyl sites for hydroxylation is 1. The molecule has 2 aliphatic rings. The lowest BCUT2D eigenvalue weighted by atomic mass is 10.0. The summed E-state index contributed by atoms with van der Waals surface area (Å²) >= 11 is 6.58. The number of anilines is 1. The summed E-state index contributed by atoms with van der Waals surface area (Å²) in [4.78, 5) is 33.6. The van der Waals surface area contributed by atoms with Gasteiger partial charge in [0.2, 0.25) is 15.9 Å². The number of ether oxygens (including phenoxy) is 1. The van der Waals surface area contributed by atoms with Gasteiger partial charge >= 0.3 is 0 Å². The number of amides is 1. The molecule has 1 amide bonds. The van der Waals surface area contributed by atoms with E-state index >= 15 is 8.78 Å². The number of halogens is 8. The highest BCUT2D eigenvalue weighted by atomic mass is 35.5. The number of fused-ring (bicyclic) bond motifs is 5. The molecule has 3 atom stereocenters. The zero-order valence-corrected chi connectivity index (χ0v) is 32.9. The lowest BCUT2D eigenvalue weighted by Crippen LogP contribution is -2.38. The maximum atomic E-state index is 15.5. The van der Waals surface area contributed by atoms with E-state index in [0.29, 0.717) is 10.7 Å². The summed E-state index contributed by atoms with van der Waals surface area (Å²) in [5.41, 5.74) is -2.78. The number of hydrogen-bond donors (Lipinski definition) is 2. The summed E-state index contributed by atoms with van der Waals surface area (Å²) in [6.07, 6.45) is -2.79. The van der Waals surface area contributed by atoms with Crippen LogP contribution >= 0.6 is 11.6 Å². The molecule has 1 saturated carbocycles. The van der Waals surface area contributed by atoms with Crippen LogP contribution in [0.5, 0.6) is 5.75 Å². The van der Waals surface area contributed by atoms with Crippen molar-refractivity contribution in [3.63, 3.8) is 0 Å². The number of aromatic nitrogens is 6. The molecular weight excluding hydrogens is 849 g/mol. The van der Waals surface area contributed by atoms with Crippen molar-refractivity contribution in [1.29, 1.82) is 0 Å². The van der Waals surface area contributed by atoms with Crippen LogP contribution in [0.4, 0.5) is 36.6 Å². The Balaban J connectivity index is 1.32. The Bertz CT molecular complexity index is 2880. The van der Waals surface area contributed by atoms with E-state index in [1.54, 1.807) is 0 Å². The Labute approximate surface area is 340 Å². The minimum Gasteiger partial charge on any atom is -0.493 e. The monoisotopic (exact) mass is 880 g/mol. The fourth-order valence-electron chi connectivity index (χ4n) is 7.89. The minimum atomic E-state index is -3.92. The van der Waals surface area contributed by atoms with E-state index in [4.69, 9.17) is 21.3 Å². The van der Waals surface area contributed by atoms with Crippen LogP contribution < -0.4 is 20.3 Å². The molecule has 6 aromatic rings. The van der Waals surface area contributed by atoms with E-state index in [-0.39, 0.29) is 80.5 Å². The van der Waals surface area contributed by atoms with Gasteiger partial charge < -0.3 is 10.1 Å². The smallest absolute Gasteiger partial charge is 0.293 e. The highest BCUT2D eigenvalue weighted by Gasteiger charge is 2.67. The van der Waals surface area contributed by atoms with Crippen LogP contribution in [-0.4, -0.2) is 63.0 Å². The Hall–Kier alpha value is -5.70. The molecule has 0 bridgehead atoms. The Morgan fingerprint density at radius 2 is 1.82 bits per heavy atom. The number of benzene rings is 3. The molecule has 0 aliphatic heterocycles. The molecule has 1 fully saturated rings. The van der Waals surface area contributed by atoms with Crippen LogP contribution in [0.25, 0.3) is 27.5 Å².